The second-order valence-electron chi connectivity index (χ2n) is 29.8. The molecule has 0 unspecified atom stereocenters. The summed E-state index contributed by atoms with van der Waals surface area (Å²) >= 11 is 13.1. The first kappa shape index (κ1) is 71.4. The molecular weight excluding hydrogens is 1520 g/mol. The number of furan rings is 2. The van der Waals surface area contributed by atoms with Gasteiger partial charge in [0.15, 0.2) is 13.7 Å². The van der Waals surface area contributed by atoms with Crippen molar-refractivity contribution in [3.8, 4) is 17.1 Å². The standard InChI is InChI=1S/C53H35N3OSi.C24H16N2.C18H15ClSi.C11H6ClNO/c1-4-16-38(17-5-1)58(39-18-6-2-7-19-39,40-20-8-3-9-21-40)41-34-47-46-33-37(29-31-52(46)57-53(47)54-35-41)56-50-27-15-12-24-44(50)45-32-36(28-30-51(45)56)55-48-25-13-10-22-42(48)43-23-11-14-26-49(43)55;1-4-10-21-17(7-1)20-15-16(13-14-22(20)25-21)26-23-11-5-2-8-18(23)19-9-3-6-12-24(19)26;19-20(16-10-4-1-5-11-16,17-12-6-2-7-13-17)18-14-8-3-9-15-18;12-11-5-8-7-3-1-2-4-9(7)14-10(8)6-13-11/h1-35H;1-15,25H;1-15H;1-6H. The van der Waals surface area contributed by atoms with Crippen LogP contribution in [0.3, 0.4) is 0 Å². The highest BCUT2D eigenvalue weighted by atomic mass is 35.6. The summed E-state index contributed by atoms with van der Waals surface area (Å²) in [7, 11) is -5.20. The summed E-state index contributed by atoms with van der Waals surface area (Å²) in [5.41, 5.74) is 16.1. The SMILES string of the molecule is Cl[Si](c1ccccc1)(c1ccccc1)c1ccccc1.Clc1cc2c(cn1)oc1ccccc12.c1ccc([Si](c2ccccc2)(c2ccccc2)c2cnc3oc4ccc(-n5c6ccccc6c6cc(-n7c8ccccc8c8ccccc87)ccc65)cc4c3c2)cc1.c1ccc2c(c1)[nH]c1ccc(-n3c4ccccc4c4ccccc43)cc12. The van der Waals surface area contributed by atoms with Crippen LogP contribution in [0.5, 0.6) is 0 Å². The summed E-state index contributed by atoms with van der Waals surface area (Å²) in [6, 6.07) is 148. The molecule has 0 atom stereocenters. The first-order valence-electron chi connectivity index (χ1n) is 39.6. The van der Waals surface area contributed by atoms with Crippen molar-refractivity contribution in [2.75, 3.05) is 0 Å². The van der Waals surface area contributed by atoms with Crippen LogP contribution in [0.2, 0.25) is 5.15 Å². The molecule has 0 fully saturated rings. The molecule has 0 aliphatic carbocycles. The zero-order chi connectivity index (χ0) is 78.7. The van der Waals surface area contributed by atoms with Gasteiger partial charge in [-0.15, -0.1) is 11.1 Å². The second kappa shape index (κ2) is 30.1. The van der Waals surface area contributed by atoms with Gasteiger partial charge in [-0.05, 0) is 146 Å². The van der Waals surface area contributed by atoms with Gasteiger partial charge in [0.25, 0.3) is 0 Å². The number of pyridine rings is 2. The molecular formula is C106H72Cl2N6O2Si2. The van der Waals surface area contributed by atoms with Crippen LogP contribution in [0.4, 0.5) is 0 Å². The minimum absolute atomic E-state index is 0.490. The van der Waals surface area contributed by atoms with Crippen molar-refractivity contribution in [2.24, 2.45) is 0 Å². The molecule has 1 N–H and O–H groups in total. The van der Waals surface area contributed by atoms with Crippen molar-refractivity contribution >= 4 is 206 Å². The van der Waals surface area contributed by atoms with Crippen molar-refractivity contribution in [3.63, 3.8) is 0 Å². The average molecular weight is 1590 g/mol. The molecule has 0 saturated carbocycles. The van der Waals surface area contributed by atoms with Crippen LogP contribution >= 0.6 is 22.7 Å². The maximum absolute atomic E-state index is 7.25. The fourth-order valence-corrected chi connectivity index (χ4v) is 26.9. The van der Waals surface area contributed by atoms with Gasteiger partial charge in [-0.1, -0.05) is 321 Å². The number of nitrogens with zero attached hydrogens (tertiary/aromatic N) is 5. The zero-order valence-corrected chi connectivity index (χ0v) is 67.3. The van der Waals surface area contributed by atoms with Gasteiger partial charge in [0.2, 0.25) is 13.1 Å². The number of aromatic amines is 1. The lowest BCUT2D eigenvalue weighted by molar-refractivity contribution is 0.654. The lowest BCUT2D eigenvalue weighted by Gasteiger charge is -2.34. The molecule has 0 spiro atoms. The monoisotopic (exact) mass is 1590 g/mol. The Morgan fingerprint density at radius 3 is 1.07 bits per heavy atom. The Hall–Kier alpha value is -14.4. The molecule has 8 aromatic heterocycles. The van der Waals surface area contributed by atoms with E-state index < -0.39 is 15.5 Å². The molecule has 118 heavy (non-hydrogen) atoms. The minimum atomic E-state index is -2.79. The fourth-order valence-electron chi connectivity index (χ4n) is 17.9. The highest BCUT2D eigenvalue weighted by Gasteiger charge is 2.42. The quantitative estimate of drug-likeness (QED) is 0.0640. The number of nitrogens with one attached hydrogen (secondary N) is 1. The summed E-state index contributed by atoms with van der Waals surface area (Å²) in [6.07, 6.45) is 3.71. The molecule has 0 saturated heterocycles. The first-order chi connectivity index (χ1) is 58.3. The van der Waals surface area contributed by atoms with Gasteiger partial charge in [-0.2, -0.15) is 0 Å². The molecule has 12 heteroatoms. The van der Waals surface area contributed by atoms with Crippen molar-refractivity contribution < 1.29 is 8.83 Å². The summed E-state index contributed by atoms with van der Waals surface area (Å²) in [4.78, 5) is 12.6. The average Bonchev–Trinajstić information content (AvgIpc) is 1.69. The lowest BCUT2D eigenvalue weighted by atomic mass is 10.1. The Morgan fingerprint density at radius 2 is 0.585 bits per heavy atom. The van der Waals surface area contributed by atoms with Crippen LogP contribution < -0.4 is 36.3 Å². The number of benzene rings is 16. The van der Waals surface area contributed by atoms with Crippen molar-refractivity contribution in [1.82, 2.24) is 28.7 Å². The number of hydrogen-bond acceptors (Lipinski definition) is 4. The van der Waals surface area contributed by atoms with Gasteiger partial charge in [-0.3, -0.25) is 0 Å². The molecule has 8 heterocycles. The van der Waals surface area contributed by atoms with Crippen LogP contribution in [-0.4, -0.2) is 44.1 Å². The first-order valence-corrected chi connectivity index (χ1v) is 45.0. The number of halogens is 2. The van der Waals surface area contributed by atoms with Crippen molar-refractivity contribution in [2.45, 2.75) is 0 Å². The summed E-state index contributed by atoms with van der Waals surface area (Å²) in [6.45, 7) is 0. The van der Waals surface area contributed by atoms with E-state index in [9.17, 15) is 0 Å². The highest BCUT2D eigenvalue weighted by Crippen LogP contribution is 2.40. The Kier molecular flexibility index (Phi) is 18.2. The minimum Gasteiger partial charge on any atom is -0.454 e. The van der Waals surface area contributed by atoms with Crippen molar-refractivity contribution in [3.05, 3.63) is 436 Å². The molecule has 560 valence electrons. The zero-order valence-electron chi connectivity index (χ0n) is 63.8. The van der Waals surface area contributed by atoms with Crippen molar-refractivity contribution in [1.29, 1.82) is 0 Å². The van der Waals surface area contributed by atoms with Gasteiger partial charge >= 0.3 is 0 Å². The third-order valence-corrected chi connectivity index (χ3v) is 33.5. The highest BCUT2D eigenvalue weighted by molar-refractivity contribution is 7.40. The Balaban J connectivity index is 0.000000117. The van der Waals surface area contributed by atoms with E-state index in [1.165, 1.54) is 118 Å². The summed E-state index contributed by atoms with van der Waals surface area (Å²) in [5, 5.41) is 23.5. The predicted molar refractivity (Wildman–Crippen MR) is 500 cm³/mol. The summed E-state index contributed by atoms with van der Waals surface area (Å²) < 4.78 is 19.3. The molecule has 24 aromatic rings. The summed E-state index contributed by atoms with van der Waals surface area (Å²) in [5.74, 6) is 0. The molecule has 0 bridgehead atoms. The van der Waals surface area contributed by atoms with Gasteiger partial charge < -0.3 is 27.5 Å². The Bertz CT molecular complexity index is 7560. The number of H-pyrrole nitrogens is 1. The topological polar surface area (TPSA) is 82.6 Å². The molecule has 0 aliphatic heterocycles. The molecule has 24 rings (SSSR count). The molecule has 0 amide bonds. The molecule has 0 aliphatic rings. The van der Waals surface area contributed by atoms with Gasteiger partial charge in [0.05, 0.1) is 39.3 Å². The third kappa shape index (κ3) is 12.3. The molecule has 0 radical (unpaired) electrons. The maximum Gasteiger partial charge on any atom is 0.247 e. The van der Waals surface area contributed by atoms with Crippen LogP contribution in [0, 0.1) is 0 Å². The number of fused-ring (bicyclic) bond motifs is 18. The fraction of sp³-hybridized carbons (Fsp3) is 0. The van der Waals surface area contributed by atoms with Gasteiger partial charge in [0.1, 0.15) is 16.3 Å². The van der Waals surface area contributed by atoms with E-state index in [0.29, 0.717) is 10.9 Å². The van der Waals surface area contributed by atoms with E-state index in [0.717, 1.165) is 60.7 Å². The Morgan fingerprint density at radius 1 is 0.237 bits per heavy atom. The van der Waals surface area contributed by atoms with E-state index in [2.05, 4.69) is 400 Å². The number of aromatic nitrogens is 6. The lowest BCUT2D eigenvalue weighted by Crippen LogP contribution is -2.74. The predicted octanol–water partition coefficient (Wildman–Crippen LogP) is 23.5. The van der Waals surface area contributed by atoms with E-state index in [1.807, 2.05) is 48.5 Å². The van der Waals surface area contributed by atoms with Crippen LogP contribution in [0.15, 0.2) is 440 Å². The van der Waals surface area contributed by atoms with Crippen LogP contribution in [0.25, 0.3) is 148 Å². The Labute approximate surface area is 691 Å². The van der Waals surface area contributed by atoms with Crippen LogP contribution in [0.1, 0.15) is 0 Å². The van der Waals surface area contributed by atoms with E-state index in [1.54, 1.807) is 6.20 Å². The number of rotatable bonds is 10. The largest absolute Gasteiger partial charge is 0.454 e. The van der Waals surface area contributed by atoms with E-state index in [4.69, 9.17) is 36.5 Å². The molecule has 16 aromatic carbocycles. The van der Waals surface area contributed by atoms with E-state index in [-0.39, 0.29) is 0 Å². The maximum atomic E-state index is 7.25. The van der Waals surface area contributed by atoms with Gasteiger partial charge in [0, 0.05) is 98.9 Å². The molecule has 8 nitrogen and oxygen atoms in total. The van der Waals surface area contributed by atoms with E-state index >= 15 is 0 Å². The number of para-hydroxylation sites is 7. The third-order valence-electron chi connectivity index (χ3n) is 23.2. The van der Waals surface area contributed by atoms with Gasteiger partial charge in [-0.25, -0.2) is 9.97 Å². The normalized spacial score (nSPS) is 11.8. The second-order valence-corrected chi connectivity index (χ2v) is 38.7. The van der Waals surface area contributed by atoms with Crippen LogP contribution in [-0.2, 0) is 0 Å². The smallest absolute Gasteiger partial charge is 0.247 e. The number of hydrogen-bond donors (Lipinski definition) is 1.